The Morgan fingerprint density at radius 1 is 1.23 bits per heavy atom. The van der Waals surface area contributed by atoms with E-state index < -0.39 is 6.10 Å². The van der Waals surface area contributed by atoms with E-state index in [9.17, 15) is 4.79 Å². The minimum absolute atomic E-state index is 0.188. The molecule has 2 rings (SSSR count). The summed E-state index contributed by atoms with van der Waals surface area (Å²) in [6.07, 6.45) is 0.400. The third kappa shape index (κ3) is 4.01. The number of nitrogen functional groups attached to an aromatic ring is 1. The van der Waals surface area contributed by atoms with Crippen LogP contribution in [0.2, 0.25) is 0 Å². The van der Waals surface area contributed by atoms with Crippen molar-refractivity contribution in [1.82, 2.24) is 0 Å². The molecule has 2 aromatic carbocycles. The van der Waals surface area contributed by atoms with Gasteiger partial charge in [0.15, 0.2) is 6.10 Å². The van der Waals surface area contributed by atoms with E-state index in [0.29, 0.717) is 11.4 Å². The second-order valence-corrected chi connectivity index (χ2v) is 5.32. The molecule has 0 fully saturated rings. The summed E-state index contributed by atoms with van der Waals surface area (Å²) in [7, 11) is 0. The highest BCUT2D eigenvalue weighted by molar-refractivity contribution is 5.94. The number of carbonyl (C=O) groups is 1. The predicted octanol–water partition coefficient (Wildman–Crippen LogP) is 3.55. The van der Waals surface area contributed by atoms with E-state index >= 15 is 0 Å². The van der Waals surface area contributed by atoms with Crippen LogP contribution in [-0.2, 0) is 11.2 Å². The molecule has 116 valence electrons. The highest BCUT2D eigenvalue weighted by atomic mass is 16.5. The summed E-state index contributed by atoms with van der Waals surface area (Å²) < 4.78 is 5.67. The van der Waals surface area contributed by atoms with Crippen molar-refractivity contribution in [2.45, 2.75) is 33.3 Å². The standard InChI is InChI=1S/C18H22N2O2/c1-4-14-5-8-16(9-6-14)22-13(3)18(21)20-17-10-7-15(19)11-12(17)2/h5-11,13H,4,19H2,1-3H3,(H,20,21)/t13-/m0/s1. The molecule has 0 bridgehead atoms. The minimum atomic E-state index is -0.579. The summed E-state index contributed by atoms with van der Waals surface area (Å²) in [5, 5.41) is 2.86. The van der Waals surface area contributed by atoms with Crippen molar-refractivity contribution < 1.29 is 9.53 Å². The quantitative estimate of drug-likeness (QED) is 0.830. The predicted molar refractivity (Wildman–Crippen MR) is 90.1 cm³/mol. The van der Waals surface area contributed by atoms with Gasteiger partial charge in [-0.2, -0.15) is 0 Å². The van der Waals surface area contributed by atoms with Crippen LogP contribution in [0.25, 0.3) is 0 Å². The second-order valence-electron chi connectivity index (χ2n) is 5.32. The molecule has 1 amide bonds. The Hall–Kier alpha value is -2.49. The number of rotatable bonds is 5. The molecule has 4 nitrogen and oxygen atoms in total. The molecule has 0 saturated carbocycles. The van der Waals surface area contributed by atoms with Crippen LogP contribution in [0, 0.1) is 6.92 Å². The van der Waals surface area contributed by atoms with Crippen molar-refractivity contribution in [3.8, 4) is 5.75 Å². The van der Waals surface area contributed by atoms with Gasteiger partial charge in [0.2, 0.25) is 0 Å². The first-order valence-electron chi connectivity index (χ1n) is 7.42. The van der Waals surface area contributed by atoms with E-state index in [-0.39, 0.29) is 5.91 Å². The zero-order chi connectivity index (χ0) is 16.1. The maximum atomic E-state index is 12.2. The lowest BCUT2D eigenvalue weighted by Gasteiger charge is -2.16. The maximum Gasteiger partial charge on any atom is 0.265 e. The smallest absolute Gasteiger partial charge is 0.265 e. The Morgan fingerprint density at radius 3 is 2.50 bits per heavy atom. The van der Waals surface area contributed by atoms with Crippen molar-refractivity contribution in [1.29, 1.82) is 0 Å². The molecule has 1 atom stereocenters. The molecule has 0 heterocycles. The lowest BCUT2D eigenvalue weighted by molar-refractivity contribution is -0.122. The Bertz CT molecular complexity index is 651. The number of hydrogen-bond donors (Lipinski definition) is 2. The van der Waals surface area contributed by atoms with Crippen LogP contribution in [0.5, 0.6) is 5.75 Å². The van der Waals surface area contributed by atoms with Crippen LogP contribution in [-0.4, -0.2) is 12.0 Å². The van der Waals surface area contributed by atoms with Crippen LogP contribution in [0.15, 0.2) is 42.5 Å². The molecule has 0 aliphatic rings. The van der Waals surface area contributed by atoms with Gasteiger partial charge in [-0.15, -0.1) is 0 Å². The molecule has 4 heteroatoms. The SMILES string of the molecule is CCc1ccc(O[C@@H](C)C(=O)Nc2ccc(N)cc2C)cc1. The van der Waals surface area contributed by atoms with Gasteiger partial charge in [-0.25, -0.2) is 0 Å². The van der Waals surface area contributed by atoms with E-state index in [1.807, 2.05) is 37.3 Å². The lowest BCUT2D eigenvalue weighted by Crippen LogP contribution is -2.30. The molecule has 2 aromatic rings. The van der Waals surface area contributed by atoms with Crippen LogP contribution in [0.1, 0.15) is 25.0 Å². The van der Waals surface area contributed by atoms with Crippen molar-refractivity contribution >= 4 is 17.3 Å². The summed E-state index contributed by atoms with van der Waals surface area (Å²) in [6, 6.07) is 13.2. The first-order valence-corrected chi connectivity index (χ1v) is 7.42. The van der Waals surface area contributed by atoms with Gasteiger partial charge in [0.05, 0.1) is 0 Å². The van der Waals surface area contributed by atoms with Gasteiger partial charge >= 0.3 is 0 Å². The number of aryl methyl sites for hydroxylation is 2. The number of carbonyl (C=O) groups excluding carboxylic acids is 1. The van der Waals surface area contributed by atoms with E-state index in [4.69, 9.17) is 10.5 Å². The molecular weight excluding hydrogens is 276 g/mol. The van der Waals surface area contributed by atoms with E-state index in [2.05, 4.69) is 12.2 Å². The molecule has 22 heavy (non-hydrogen) atoms. The topological polar surface area (TPSA) is 64.3 Å². The molecule has 0 spiro atoms. The summed E-state index contributed by atoms with van der Waals surface area (Å²) in [5.41, 5.74) is 9.29. The first-order chi connectivity index (χ1) is 10.5. The monoisotopic (exact) mass is 298 g/mol. The van der Waals surface area contributed by atoms with E-state index in [1.165, 1.54) is 5.56 Å². The zero-order valence-electron chi connectivity index (χ0n) is 13.2. The molecule has 0 aliphatic heterocycles. The number of ether oxygens (including phenoxy) is 1. The third-order valence-electron chi connectivity index (χ3n) is 3.52. The molecule has 0 saturated heterocycles. The van der Waals surface area contributed by atoms with Gasteiger partial charge in [0.1, 0.15) is 5.75 Å². The van der Waals surface area contributed by atoms with E-state index in [0.717, 1.165) is 17.7 Å². The number of benzene rings is 2. The maximum absolute atomic E-state index is 12.2. The normalized spacial score (nSPS) is 11.8. The van der Waals surface area contributed by atoms with Gasteiger partial charge < -0.3 is 15.8 Å². The summed E-state index contributed by atoms with van der Waals surface area (Å²) in [5.74, 6) is 0.501. The van der Waals surface area contributed by atoms with Crippen LogP contribution in [0.4, 0.5) is 11.4 Å². The third-order valence-corrected chi connectivity index (χ3v) is 3.52. The zero-order valence-corrected chi connectivity index (χ0v) is 13.2. The van der Waals surface area contributed by atoms with Crippen molar-refractivity contribution in [3.05, 3.63) is 53.6 Å². The highest BCUT2D eigenvalue weighted by Crippen LogP contribution is 2.19. The Labute approximate surface area is 131 Å². The molecule has 0 aliphatic carbocycles. The largest absolute Gasteiger partial charge is 0.481 e. The second kappa shape index (κ2) is 6.98. The Morgan fingerprint density at radius 2 is 1.91 bits per heavy atom. The number of hydrogen-bond acceptors (Lipinski definition) is 3. The number of nitrogens with two attached hydrogens (primary N) is 1. The van der Waals surface area contributed by atoms with Crippen LogP contribution in [0.3, 0.4) is 0 Å². The summed E-state index contributed by atoms with van der Waals surface area (Å²) in [6.45, 7) is 5.73. The average molecular weight is 298 g/mol. The van der Waals surface area contributed by atoms with Gasteiger partial charge in [-0.3, -0.25) is 4.79 Å². The van der Waals surface area contributed by atoms with Crippen LogP contribution < -0.4 is 15.8 Å². The molecule has 0 radical (unpaired) electrons. The molecule has 3 N–H and O–H groups in total. The molecule has 0 aromatic heterocycles. The van der Waals surface area contributed by atoms with Crippen molar-refractivity contribution in [2.24, 2.45) is 0 Å². The minimum Gasteiger partial charge on any atom is -0.481 e. The number of nitrogens with one attached hydrogen (secondary N) is 1. The number of amides is 1. The first kappa shape index (κ1) is 15.9. The van der Waals surface area contributed by atoms with Crippen molar-refractivity contribution in [3.63, 3.8) is 0 Å². The fraction of sp³-hybridized carbons (Fsp3) is 0.278. The Balaban J connectivity index is 1.99. The van der Waals surface area contributed by atoms with Crippen molar-refractivity contribution in [2.75, 3.05) is 11.1 Å². The van der Waals surface area contributed by atoms with Gasteiger partial charge in [0, 0.05) is 11.4 Å². The Kier molecular flexibility index (Phi) is 5.04. The van der Waals surface area contributed by atoms with Gasteiger partial charge in [-0.1, -0.05) is 19.1 Å². The van der Waals surface area contributed by atoms with Gasteiger partial charge in [0.25, 0.3) is 5.91 Å². The molecule has 0 unspecified atom stereocenters. The fourth-order valence-corrected chi connectivity index (χ4v) is 2.12. The average Bonchev–Trinajstić information content (AvgIpc) is 2.50. The van der Waals surface area contributed by atoms with E-state index in [1.54, 1.807) is 19.1 Å². The molecular formula is C18H22N2O2. The van der Waals surface area contributed by atoms with Crippen LogP contribution >= 0.6 is 0 Å². The fourth-order valence-electron chi connectivity index (χ4n) is 2.12. The highest BCUT2D eigenvalue weighted by Gasteiger charge is 2.15. The number of anilines is 2. The summed E-state index contributed by atoms with van der Waals surface area (Å²) >= 11 is 0. The summed E-state index contributed by atoms with van der Waals surface area (Å²) in [4.78, 5) is 12.2. The van der Waals surface area contributed by atoms with Gasteiger partial charge in [-0.05, 0) is 61.7 Å². The lowest BCUT2D eigenvalue weighted by atomic mass is 10.1.